The minimum absolute atomic E-state index is 0.0758. The van der Waals surface area contributed by atoms with Crippen molar-refractivity contribution in [1.29, 1.82) is 5.26 Å². The van der Waals surface area contributed by atoms with Gasteiger partial charge in [0.25, 0.3) is 5.91 Å². The number of carbonyl (C=O) groups excluding carboxylic acids is 2. The highest BCUT2D eigenvalue weighted by atomic mass is 16.5. The molecule has 0 spiro atoms. The Bertz CT molecular complexity index is 854. The first-order valence-electron chi connectivity index (χ1n) is 9.32. The molecule has 2 aromatic carbocycles. The molecule has 0 bridgehead atoms. The quantitative estimate of drug-likeness (QED) is 0.742. The lowest BCUT2D eigenvalue weighted by atomic mass is 9.90. The molecule has 5 heteroatoms. The van der Waals surface area contributed by atoms with E-state index in [1.807, 2.05) is 68.4 Å². The topological polar surface area (TPSA) is 79.2 Å². The molecule has 2 aromatic rings. The van der Waals surface area contributed by atoms with Crippen LogP contribution in [0.4, 0.5) is 0 Å². The molecule has 0 radical (unpaired) electrons. The molecule has 0 aliphatic heterocycles. The largest absolute Gasteiger partial charge is 0.452 e. The lowest BCUT2D eigenvalue weighted by Crippen LogP contribution is -2.52. The number of hydrogen-bond donors (Lipinski definition) is 1. The van der Waals surface area contributed by atoms with Crippen molar-refractivity contribution in [2.75, 3.05) is 0 Å². The van der Waals surface area contributed by atoms with Crippen LogP contribution in [0.1, 0.15) is 33.3 Å². The maximum Gasteiger partial charge on any atom is 0.311 e. The fourth-order valence-electron chi connectivity index (χ4n) is 2.56. The smallest absolute Gasteiger partial charge is 0.311 e. The number of ether oxygens (including phenoxy) is 1. The van der Waals surface area contributed by atoms with Crippen molar-refractivity contribution >= 4 is 11.9 Å². The number of esters is 1. The van der Waals surface area contributed by atoms with Gasteiger partial charge >= 0.3 is 5.97 Å². The molecule has 0 saturated carbocycles. The van der Waals surface area contributed by atoms with Crippen molar-refractivity contribution in [3.05, 3.63) is 60.2 Å². The molecular weight excluding hydrogens is 352 g/mol. The van der Waals surface area contributed by atoms with Crippen molar-refractivity contribution < 1.29 is 14.3 Å². The summed E-state index contributed by atoms with van der Waals surface area (Å²) >= 11 is 0. The third-order valence-electron chi connectivity index (χ3n) is 4.86. The van der Waals surface area contributed by atoms with Gasteiger partial charge in [-0.3, -0.25) is 9.59 Å². The Morgan fingerprint density at radius 2 is 1.61 bits per heavy atom. The Morgan fingerprint density at radius 1 is 1.04 bits per heavy atom. The Labute approximate surface area is 166 Å². The van der Waals surface area contributed by atoms with Gasteiger partial charge in [0.2, 0.25) is 0 Å². The number of rotatable bonds is 7. The van der Waals surface area contributed by atoms with Gasteiger partial charge in [-0.2, -0.15) is 5.26 Å². The second kappa shape index (κ2) is 9.18. The van der Waals surface area contributed by atoms with Crippen LogP contribution in [0.15, 0.2) is 54.6 Å². The Hall–Kier alpha value is -3.13. The SMILES string of the molecule is CC(C)[C@](C)(C#N)NC(=O)[C@@H](C)OC(=O)Cc1ccc(-c2ccccc2)cc1. The van der Waals surface area contributed by atoms with E-state index in [-0.39, 0.29) is 12.3 Å². The van der Waals surface area contributed by atoms with Crippen LogP contribution < -0.4 is 5.32 Å². The highest BCUT2D eigenvalue weighted by Gasteiger charge is 2.32. The Balaban J connectivity index is 1.93. The molecule has 1 amide bonds. The van der Waals surface area contributed by atoms with Crippen LogP contribution in [0.2, 0.25) is 0 Å². The van der Waals surface area contributed by atoms with E-state index < -0.39 is 23.5 Å². The van der Waals surface area contributed by atoms with Crippen molar-refractivity contribution in [3.8, 4) is 17.2 Å². The highest BCUT2D eigenvalue weighted by molar-refractivity contribution is 5.84. The zero-order chi connectivity index (χ0) is 20.7. The number of benzene rings is 2. The van der Waals surface area contributed by atoms with Crippen LogP contribution in [0.25, 0.3) is 11.1 Å². The van der Waals surface area contributed by atoms with Crippen molar-refractivity contribution in [2.24, 2.45) is 5.92 Å². The van der Waals surface area contributed by atoms with Gasteiger partial charge in [-0.05, 0) is 36.5 Å². The van der Waals surface area contributed by atoms with Gasteiger partial charge in [0, 0.05) is 0 Å². The third kappa shape index (κ3) is 5.43. The number of nitriles is 1. The zero-order valence-electron chi connectivity index (χ0n) is 16.7. The lowest BCUT2D eigenvalue weighted by Gasteiger charge is -2.28. The fraction of sp³-hybridized carbons (Fsp3) is 0.348. The molecule has 5 nitrogen and oxygen atoms in total. The van der Waals surface area contributed by atoms with Gasteiger partial charge in [0.1, 0.15) is 5.54 Å². The first-order valence-corrected chi connectivity index (χ1v) is 9.32. The summed E-state index contributed by atoms with van der Waals surface area (Å²) in [5.41, 5.74) is 1.97. The minimum atomic E-state index is -1.01. The van der Waals surface area contributed by atoms with Crippen LogP contribution in [-0.4, -0.2) is 23.5 Å². The molecule has 0 heterocycles. The summed E-state index contributed by atoms with van der Waals surface area (Å²) in [5, 5.41) is 12.0. The van der Waals surface area contributed by atoms with Crippen LogP contribution in [0.5, 0.6) is 0 Å². The van der Waals surface area contributed by atoms with Crippen LogP contribution in [0.3, 0.4) is 0 Å². The second-order valence-corrected chi connectivity index (χ2v) is 7.33. The van der Waals surface area contributed by atoms with E-state index in [0.717, 1.165) is 16.7 Å². The molecule has 1 N–H and O–H groups in total. The summed E-state index contributed by atoms with van der Waals surface area (Å²) in [6, 6.07) is 19.7. The Morgan fingerprint density at radius 3 is 2.14 bits per heavy atom. The number of hydrogen-bond acceptors (Lipinski definition) is 4. The summed E-state index contributed by atoms with van der Waals surface area (Å²) in [6.45, 7) is 6.85. The molecule has 146 valence electrons. The first kappa shape index (κ1) is 21.2. The van der Waals surface area contributed by atoms with Crippen LogP contribution >= 0.6 is 0 Å². The maximum absolute atomic E-state index is 12.3. The Kier molecular flexibility index (Phi) is 6.94. The average molecular weight is 378 g/mol. The van der Waals surface area contributed by atoms with E-state index in [9.17, 15) is 14.9 Å². The number of nitrogens with one attached hydrogen (secondary N) is 1. The summed E-state index contributed by atoms with van der Waals surface area (Å²) in [7, 11) is 0. The molecule has 0 aliphatic rings. The molecule has 28 heavy (non-hydrogen) atoms. The van der Waals surface area contributed by atoms with Gasteiger partial charge in [0.15, 0.2) is 6.10 Å². The summed E-state index contributed by atoms with van der Waals surface area (Å²) in [4.78, 5) is 24.5. The molecule has 0 aromatic heterocycles. The van der Waals surface area contributed by atoms with E-state index >= 15 is 0 Å². The van der Waals surface area contributed by atoms with Crippen LogP contribution in [0, 0.1) is 17.2 Å². The third-order valence-corrected chi connectivity index (χ3v) is 4.86. The molecule has 2 atom stereocenters. The van der Waals surface area contributed by atoms with Crippen molar-refractivity contribution in [3.63, 3.8) is 0 Å². The second-order valence-electron chi connectivity index (χ2n) is 7.33. The first-order chi connectivity index (χ1) is 13.2. The summed E-state index contributed by atoms with van der Waals surface area (Å²) in [5.74, 6) is -1.05. The van der Waals surface area contributed by atoms with E-state index in [1.165, 1.54) is 6.92 Å². The summed E-state index contributed by atoms with van der Waals surface area (Å²) < 4.78 is 5.24. The molecule has 0 aliphatic carbocycles. The molecule has 0 saturated heterocycles. The zero-order valence-corrected chi connectivity index (χ0v) is 16.7. The van der Waals surface area contributed by atoms with Gasteiger partial charge in [0.05, 0.1) is 12.5 Å². The molecular formula is C23H26N2O3. The van der Waals surface area contributed by atoms with E-state index in [1.54, 1.807) is 6.92 Å². The fourth-order valence-corrected chi connectivity index (χ4v) is 2.56. The standard InChI is InChI=1S/C23H26N2O3/c1-16(2)23(4,15-24)25-22(27)17(3)28-21(26)14-18-10-12-20(13-11-18)19-8-6-5-7-9-19/h5-13,16-17H,14H2,1-4H3,(H,25,27)/t17-,23+/m1/s1. The number of amides is 1. The maximum atomic E-state index is 12.3. The van der Waals surface area contributed by atoms with E-state index in [2.05, 4.69) is 11.4 Å². The normalized spacial score (nSPS) is 13.9. The highest BCUT2D eigenvalue weighted by Crippen LogP contribution is 2.20. The predicted molar refractivity (Wildman–Crippen MR) is 108 cm³/mol. The summed E-state index contributed by atoms with van der Waals surface area (Å²) in [6.07, 6.45) is -0.894. The number of carbonyl (C=O) groups is 2. The van der Waals surface area contributed by atoms with Crippen LogP contribution in [-0.2, 0) is 20.7 Å². The van der Waals surface area contributed by atoms with E-state index in [0.29, 0.717) is 0 Å². The van der Waals surface area contributed by atoms with Gasteiger partial charge < -0.3 is 10.1 Å². The average Bonchev–Trinajstić information content (AvgIpc) is 2.68. The van der Waals surface area contributed by atoms with Gasteiger partial charge in [-0.25, -0.2) is 0 Å². The monoisotopic (exact) mass is 378 g/mol. The minimum Gasteiger partial charge on any atom is -0.452 e. The molecule has 2 rings (SSSR count). The molecule has 0 fully saturated rings. The van der Waals surface area contributed by atoms with Crippen molar-refractivity contribution in [1.82, 2.24) is 5.32 Å². The van der Waals surface area contributed by atoms with Gasteiger partial charge in [-0.15, -0.1) is 0 Å². The van der Waals surface area contributed by atoms with Crippen molar-refractivity contribution in [2.45, 2.75) is 45.8 Å². The molecule has 0 unspecified atom stereocenters. The lowest BCUT2D eigenvalue weighted by molar-refractivity contribution is -0.154. The number of nitrogens with zero attached hydrogens (tertiary/aromatic N) is 1. The predicted octanol–water partition coefficient (Wildman–Crippen LogP) is 3.88. The van der Waals surface area contributed by atoms with E-state index in [4.69, 9.17) is 4.74 Å². The van der Waals surface area contributed by atoms with Gasteiger partial charge in [-0.1, -0.05) is 68.4 Å².